The minimum Gasteiger partial charge on any atom is -0.497 e. The number of benzene rings is 1. The summed E-state index contributed by atoms with van der Waals surface area (Å²) in [6.07, 6.45) is 3.26. The Hall–Kier alpha value is -1.74. The maximum Gasteiger partial charge on any atom is 0.191 e. The molecule has 2 rings (SSSR count). The van der Waals surface area contributed by atoms with Crippen LogP contribution in [0.15, 0.2) is 52.1 Å². The highest BCUT2D eigenvalue weighted by molar-refractivity contribution is 14.0. The van der Waals surface area contributed by atoms with E-state index in [0.29, 0.717) is 19.0 Å². The highest BCUT2D eigenvalue weighted by atomic mass is 127. The molecule has 0 spiro atoms. The summed E-state index contributed by atoms with van der Waals surface area (Å²) in [5, 5.41) is 16.0. The molecule has 1 aromatic carbocycles. The summed E-state index contributed by atoms with van der Waals surface area (Å²) in [5.74, 6) is 2.44. The Morgan fingerprint density at radius 2 is 2.04 bits per heavy atom. The number of furan rings is 1. The number of ether oxygens (including phenoxy) is 1. The van der Waals surface area contributed by atoms with Crippen molar-refractivity contribution >= 4 is 29.9 Å². The molecule has 1 aromatic heterocycles. The first-order valence-corrected chi connectivity index (χ1v) is 8.56. The number of hydrogen-bond acceptors (Lipinski definition) is 4. The SMILES string of the molecule is CC[C@H](CO)NC(=NCc1ccc(OC)cc1)NCCc1ccco1.I. The fourth-order valence-electron chi connectivity index (χ4n) is 2.28. The van der Waals surface area contributed by atoms with Gasteiger partial charge in [-0.25, -0.2) is 4.99 Å². The third-order valence-electron chi connectivity index (χ3n) is 3.88. The second-order valence-electron chi connectivity index (χ2n) is 5.70. The van der Waals surface area contributed by atoms with Gasteiger partial charge in [-0.05, 0) is 36.2 Å². The largest absolute Gasteiger partial charge is 0.497 e. The number of hydrogen-bond donors (Lipinski definition) is 3. The van der Waals surface area contributed by atoms with E-state index in [4.69, 9.17) is 9.15 Å². The highest BCUT2D eigenvalue weighted by Gasteiger charge is 2.08. The zero-order chi connectivity index (χ0) is 17.9. The normalized spacial score (nSPS) is 12.2. The van der Waals surface area contributed by atoms with Crippen molar-refractivity contribution in [3.05, 3.63) is 54.0 Å². The fourth-order valence-corrected chi connectivity index (χ4v) is 2.28. The Labute approximate surface area is 172 Å². The fraction of sp³-hybridized carbons (Fsp3) is 0.421. The first-order valence-electron chi connectivity index (χ1n) is 8.56. The molecule has 7 heteroatoms. The molecule has 0 amide bonds. The summed E-state index contributed by atoms with van der Waals surface area (Å²) in [5.41, 5.74) is 1.09. The minimum absolute atomic E-state index is 0. The predicted molar refractivity (Wildman–Crippen MR) is 114 cm³/mol. The summed E-state index contributed by atoms with van der Waals surface area (Å²) in [4.78, 5) is 4.62. The van der Waals surface area contributed by atoms with Gasteiger partial charge in [-0.15, -0.1) is 24.0 Å². The van der Waals surface area contributed by atoms with Crippen molar-refractivity contribution in [3.8, 4) is 5.75 Å². The van der Waals surface area contributed by atoms with E-state index in [1.54, 1.807) is 13.4 Å². The maximum absolute atomic E-state index is 9.42. The first-order chi connectivity index (χ1) is 12.2. The number of methoxy groups -OCH3 is 1. The number of aliphatic imine (C=N–C) groups is 1. The second-order valence-corrected chi connectivity index (χ2v) is 5.70. The van der Waals surface area contributed by atoms with Crippen LogP contribution in [0, 0.1) is 0 Å². The second kappa shape index (κ2) is 12.6. The lowest BCUT2D eigenvalue weighted by Gasteiger charge is -2.18. The Morgan fingerprint density at radius 3 is 2.62 bits per heavy atom. The molecule has 144 valence electrons. The molecule has 26 heavy (non-hydrogen) atoms. The van der Waals surface area contributed by atoms with Crippen molar-refractivity contribution in [1.29, 1.82) is 0 Å². The monoisotopic (exact) mass is 473 g/mol. The van der Waals surface area contributed by atoms with Crippen molar-refractivity contribution in [2.24, 2.45) is 4.99 Å². The van der Waals surface area contributed by atoms with Crippen LogP contribution in [-0.4, -0.2) is 37.4 Å². The topological polar surface area (TPSA) is 79.0 Å². The molecule has 0 unspecified atom stereocenters. The van der Waals surface area contributed by atoms with E-state index in [-0.39, 0.29) is 36.6 Å². The third kappa shape index (κ3) is 7.65. The summed E-state index contributed by atoms with van der Waals surface area (Å²) < 4.78 is 10.5. The molecule has 0 saturated carbocycles. The van der Waals surface area contributed by atoms with Gasteiger partial charge in [-0.2, -0.15) is 0 Å². The van der Waals surface area contributed by atoms with E-state index >= 15 is 0 Å². The molecule has 1 heterocycles. The zero-order valence-electron chi connectivity index (χ0n) is 15.3. The third-order valence-corrected chi connectivity index (χ3v) is 3.88. The van der Waals surface area contributed by atoms with Crippen molar-refractivity contribution in [1.82, 2.24) is 10.6 Å². The smallest absolute Gasteiger partial charge is 0.191 e. The summed E-state index contributed by atoms with van der Waals surface area (Å²) in [6.45, 7) is 3.33. The maximum atomic E-state index is 9.42. The van der Waals surface area contributed by atoms with E-state index < -0.39 is 0 Å². The molecule has 0 aliphatic rings. The summed E-state index contributed by atoms with van der Waals surface area (Å²) >= 11 is 0. The van der Waals surface area contributed by atoms with Gasteiger partial charge in [-0.3, -0.25) is 0 Å². The zero-order valence-corrected chi connectivity index (χ0v) is 17.6. The van der Waals surface area contributed by atoms with Crippen molar-refractivity contribution in [2.75, 3.05) is 20.3 Å². The lowest BCUT2D eigenvalue weighted by Crippen LogP contribution is -2.45. The quantitative estimate of drug-likeness (QED) is 0.297. The van der Waals surface area contributed by atoms with Gasteiger partial charge in [0, 0.05) is 13.0 Å². The molecule has 0 radical (unpaired) electrons. The van der Waals surface area contributed by atoms with E-state index in [0.717, 1.165) is 29.9 Å². The van der Waals surface area contributed by atoms with Crippen LogP contribution in [0.2, 0.25) is 0 Å². The van der Waals surface area contributed by atoms with Gasteiger partial charge >= 0.3 is 0 Å². The molecule has 0 saturated heterocycles. The number of nitrogens with one attached hydrogen (secondary N) is 2. The van der Waals surface area contributed by atoms with Crippen molar-refractivity contribution < 1.29 is 14.3 Å². The van der Waals surface area contributed by atoms with E-state index in [9.17, 15) is 5.11 Å². The van der Waals surface area contributed by atoms with E-state index in [2.05, 4.69) is 15.6 Å². The molecule has 3 N–H and O–H groups in total. The Kier molecular flexibility index (Phi) is 10.8. The molecule has 2 aromatic rings. The van der Waals surface area contributed by atoms with Crippen LogP contribution in [0.1, 0.15) is 24.7 Å². The van der Waals surface area contributed by atoms with Crippen LogP contribution in [0.3, 0.4) is 0 Å². The number of rotatable bonds is 9. The van der Waals surface area contributed by atoms with Gasteiger partial charge in [0.05, 0.1) is 32.6 Å². The first kappa shape index (κ1) is 22.3. The Morgan fingerprint density at radius 1 is 1.27 bits per heavy atom. The Balaban J connectivity index is 0.00000338. The highest BCUT2D eigenvalue weighted by Crippen LogP contribution is 2.11. The molecule has 0 fully saturated rings. The summed E-state index contributed by atoms with van der Waals surface area (Å²) in [6, 6.07) is 11.6. The summed E-state index contributed by atoms with van der Waals surface area (Å²) in [7, 11) is 1.65. The number of aliphatic hydroxyl groups excluding tert-OH is 1. The molecule has 6 nitrogen and oxygen atoms in total. The van der Waals surface area contributed by atoms with Crippen molar-refractivity contribution in [2.45, 2.75) is 32.4 Å². The van der Waals surface area contributed by atoms with Gasteiger partial charge in [0.2, 0.25) is 0 Å². The molecule has 0 bridgehead atoms. The number of nitrogens with zero attached hydrogens (tertiary/aromatic N) is 1. The van der Waals surface area contributed by atoms with Crippen LogP contribution in [0.5, 0.6) is 5.75 Å². The molecular weight excluding hydrogens is 445 g/mol. The van der Waals surface area contributed by atoms with Crippen LogP contribution in [0.4, 0.5) is 0 Å². The van der Waals surface area contributed by atoms with E-state index in [1.165, 1.54) is 0 Å². The van der Waals surface area contributed by atoms with Gasteiger partial charge in [-0.1, -0.05) is 19.1 Å². The lowest BCUT2D eigenvalue weighted by molar-refractivity contribution is 0.251. The number of aliphatic hydroxyl groups is 1. The number of halogens is 1. The van der Waals surface area contributed by atoms with Crippen molar-refractivity contribution in [3.63, 3.8) is 0 Å². The van der Waals surface area contributed by atoms with Crippen LogP contribution in [0.25, 0.3) is 0 Å². The van der Waals surface area contributed by atoms with Gasteiger partial charge in [0.25, 0.3) is 0 Å². The average molecular weight is 473 g/mol. The Bertz CT molecular complexity index is 626. The molecular formula is C19H28IN3O3. The predicted octanol–water partition coefficient (Wildman–Crippen LogP) is 2.96. The standard InChI is InChI=1S/C19H27N3O3.HI/c1-3-16(14-23)22-19(20-11-10-18-5-4-12-25-18)21-13-15-6-8-17(24-2)9-7-15;/h4-9,12,16,23H,3,10-11,13-14H2,1-2H3,(H2,20,21,22);1H/t16-;/m1./s1. The molecule has 0 aliphatic heterocycles. The van der Waals surface area contributed by atoms with Crippen LogP contribution in [-0.2, 0) is 13.0 Å². The van der Waals surface area contributed by atoms with Crippen LogP contribution < -0.4 is 15.4 Å². The van der Waals surface area contributed by atoms with E-state index in [1.807, 2.05) is 43.3 Å². The van der Waals surface area contributed by atoms with Gasteiger partial charge in [0.15, 0.2) is 5.96 Å². The number of guanidine groups is 1. The lowest BCUT2D eigenvalue weighted by atomic mass is 10.2. The van der Waals surface area contributed by atoms with Gasteiger partial charge < -0.3 is 24.9 Å². The average Bonchev–Trinajstić information content (AvgIpc) is 3.17. The minimum atomic E-state index is -0.0225. The molecule has 0 aliphatic carbocycles. The van der Waals surface area contributed by atoms with Crippen LogP contribution >= 0.6 is 24.0 Å². The molecule has 1 atom stereocenters. The van der Waals surface area contributed by atoms with Gasteiger partial charge in [0.1, 0.15) is 11.5 Å².